The Morgan fingerprint density at radius 1 is 1.24 bits per heavy atom. The summed E-state index contributed by atoms with van der Waals surface area (Å²) < 4.78 is 25.2. The summed E-state index contributed by atoms with van der Waals surface area (Å²) in [6.45, 7) is 1.98. The lowest BCUT2D eigenvalue weighted by Gasteiger charge is -2.34. The van der Waals surface area contributed by atoms with E-state index in [9.17, 15) is 23.4 Å². The monoisotopic (exact) mass is 555 g/mol. The Morgan fingerprint density at radius 3 is 2.61 bits per heavy atom. The predicted octanol–water partition coefficient (Wildman–Crippen LogP) is 2.98. The maximum atomic E-state index is 12.0. The molecule has 1 amide bonds. The molecule has 1 atom stereocenters. The molecule has 0 radical (unpaired) electrons. The van der Waals surface area contributed by atoms with Crippen molar-refractivity contribution in [2.45, 2.75) is 31.4 Å². The fourth-order valence-electron chi connectivity index (χ4n) is 4.31. The molecule has 2 aromatic rings. The van der Waals surface area contributed by atoms with Crippen molar-refractivity contribution in [2.24, 2.45) is 4.99 Å². The van der Waals surface area contributed by atoms with E-state index in [0.29, 0.717) is 22.1 Å². The average Bonchev–Trinajstić information content (AvgIpc) is 3.22. The summed E-state index contributed by atoms with van der Waals surface area (Å²) in [5.74, 6) is -0.513. The van der Waals surface area contributed by atoms with E-state index in [1.807, 2.05) is 30.3 Å². The predicted molar refractivity (Wildman–Crippen MR) is 149 cm³/mol. The molecule has 10 nitrogen and oxygen atoms in total. The number of nitrogens with one attached hydrogen (secondary N) is 2. The van der Waals surface area contributed by atoms with E-state index in [-0.39, 0.29) is 29.8 Å². The van der Waals surface area contributed by atoms with Crippen LogP contribution in [0.15, 0.2) is 52.4 Å². The van der Waals surface area contributed by atoms with Gasteiger partial charge in [-0.1, -0.05) is 30.0 Å². The van der Waals surface area contributed by atoms with Gasteiger partial charge < -0.3 is 20.4 Å². The Kier molecular flexibility index (Phi) is 8.73. The quantitative estimate of drug-likeness (QED) is 0.270. The van der Waals surface area contributed by atoms with Crippen LogP contribution in [0.1, 0.15) is 36.5 Å². The van der Waals surface area contributed by atoms with Crippen LogP contribution in [0.25, 0.3) is 6.08 Å². The molecule has 1 fully saturated rings. The molecule has 1 unspecified atom stereocenters. The highest BCUT2D eigenvalue weighted by Gasteiger charge is 2.22. The number of sulfonamides is 1. The molecule has 0 aliphatic carbocycles. The Labute approximate surface area is 226 Å². The SMILES string of the molecule is CS(=O)(=O)Nc1cc(C(O)CNC2CCN(c3ccc(/C=C4\SC(CC#N)=NC4=O)cc3)CC2)ccc1O. The number of carbonyl (C=O) groups is 1. The summed E-state index contributed by atoms with van der Waals surface area (Å²) in [4.78, 5) is 18.7. The number of phenols is 1. The van der Waals surface area contributed by atoms with E-state index < -0.39 is 16.1 Å². The van der Waals surface area contributed by atoms with Gasteiger partial charge in [-0.3, -0.25) is 9.52 Å². The van der Waals surface area contributed by atoms with Gasteiger partial charge in [-0.05, 0) is 54.3 Å². The molecule has 2 aliphatic rings. The van der Waals surface area contributed by atoms with Crippen LogP contribution in [0.3, 0.4) is 0 Å². The third-order valence-electron chi connectivity index (χ3n) is 6.25. The Morgan fingerprint density at radius 2 is 1.95 bits per heavy atom. The molecule has 2 aliphatic heterocycles. The van der Waals surface area contributed by atoms with E-state index in [4.69, 9.17) is 5.26 Å². The minimum atomic E-state index is -3.56. The topological polar surface area (TPSA) is 155 Å². The number of hydrogen-bond acceptors (Lipinski definition) is 9. The highest BCUT2D eigenvalue weighted by atomic mass is 32.2. The normalized spacial score (nSPS) is 18.3. The zero-order chi connectivity index (χ0) is 27.3. The number of hydrogen-bond donors (Lipinski definition) is 4. The number of rotatable bonds is 9. The first-order valence-electron chi connectivity index (χ1n) is 12.1. The van der Waals surface area contributed by atoms with Crippen LogP contribution in [0.4, 0.5) is 11.4 Å². The number of aliphatic hydroxyl groups is 1. The maximum Gasteiger partial charge on any atom is 0.284 e. The van der Waals surface area contributed by atoms with Crippen LogP contribution >= 0.6 is 11.8 Å². The van der Waals surface area contributed by atoms with Crippen LogP contribution in [0.5, 0.6) is 5.75 Å². The fourth-order valence-corrected chi connectivity index (χ4v) is 5.72. The number of nitriles is 1. The van der Waals surface area contributed by atoms with Crippen LogP contribution < -0.4 is 14.9 Å². The van der Waals surface area contributed by atoms with E-state index in [1.54, 1.807) is 12.1 Å². The van der Waals surface area contributed by atoms with Gasteiger partial charge in [-0.25, -0.2) is 13.4 Å². The van der Waals surface area contributed by atoms with Crippen molar-refractivity contribution in [2.75, 3.05) is 35.5 Å². The smallest absolute Gasteiger partial charge is 0.284 e. The third kappa shape index (κ3) is 7.35. The molecule has 0 saturated carbocycles. The number of aliphatic imine (C=N–C) groups is 1. The highest BCUT2D eigenvalue weighted by Crippen LogP contribution is 2.31. The van der Waals surface area contributed by atoms with Crippen molar-refractivity contribution >= 4 is 50.2 Å². The molecule has 4 rings (SSSR count). The van der Waals surface area contributed by atoms with Crippen molar-refractivity contribution in [3.05, 3.63) is 58.5 Å². The molecule has 38 heavy (non-hydrogen) atoms. The van der Waals surface area contributed by atoms with Gasteiger partial charge in [-0.15, -0.1) is 0 Å². The second-order valence-corrected chi connectivity index (χ2v) is 12.0. The van der Waals surface area contributed by atoms with Gasteiger partial charge in [0.15, 0.2) is 0 Å². The van der Waals surface area contributed by atoms with Crippen LogP contribution in [0.2, 0.25) is 0 Å². The van der Waals surface area contributed by atoms with Crippen LogP contribution in [-0.2, 0) is 14.8 Å². The first-order valence-corrected chi connectivity index (χ1v) is 14.8. The molecule has 0 aromatic heterocycles. The van der Waals surface area contributed by atoms with Crippen LogP contribution in [-0.4, -0.2) is 61.5 Å². The summed E-state index contributed by atoms with van der Waals surface area (Å²) in [6, 6.07) is 14.6. The maximum absolute atomic E-state index is 12.0. The second-order valence-electron chi connectivity index (χ2n) is 9.18. The number of carbonyl (C=O) groups excluding carboxylic acids is 1. The zero-order valence-corrected chi connectivity index (χ0v) is 22.4. The number of anilines is 2. The van der Waals surface area contributed by atoms with E-state index in [2.05, 4.69) is 19.9 Å². The molecule has 0 spiro atoms. The van der Waals surface area contributed by atoms with Gasteiger partial charge in [0.1, 0.15) is 5.75 Å². The number of benzene rings is 2. The van der Waals surface area contributed by atoms with E-state index in [1.165, 1.54) is 23.9 Å². The molecule has 2 aromatic carbocycles. The first-order chi connectivity index (χ1) is 18.1. The molecule has 0 bridgehead atoms. The molecular formula is C26H29N5O5S2. The fraction of sp³-hybridized carbons (Fsp3) is 0.346. The largest absolute Gasteiger partial charge is 0.506 e. The summed E-state index contributed by atoms with van der Waals surface area (Å²) in [7, 11) is -3.56. The third-order valence-corrected chi connectivity index (χ3v) is 7.82. The molecule has 1 saturated heterocycles. The van der Waals surface area contributed by atoms with Crippen molar-refractivity contribution in [1.29, 1.82) is 5.26 Å². The van der Waals surface area contributed by atoms with E-state index in [0.717, 1.165) is 43.4 Å². The minimum Gasteiger partial charge on any atom is -0.506 e. The Bertz CT molecular complexity index is 1390. The summed E-state index contributed by atoms with van der Waals surface area (Å²) in [5, 5.41) is 33.2. The van der Waals surface area contributed by atoms with Gasteiger partial charge in [0.05, 0.1) is 40.5 Å². The Balaban J connectivity index is 1.26. The van der Waals surface area contributed by atoms with Gasteiger partial charge in [0, 0.05) is 31.4 Å². The van der Waals surface area contributed by atoms with Gasteiger partial charge >= 0.3 is 0 Å². The van der Waals surface area contributed by atoms with Gasteiger partial charge in [-0.2, -0.15) is 5.26 Å². The lowest BCUT2D eigenvalue weighted by molar-refractivity contribution is -0.113. The lowest BCUT2D eigenvalue weighted by atomic mass is 10.0. The summed E-state index contributed by atoms with van der Waals surface area (Å²) >= 11 is 1.24. The number of aliphatic hydroxyl groups excluding tert-OH is 1. The molecular weight excluding hydrogens is 526 g/mol. The molecule has 2 heterocycles. The number of amides is 1. The number of piperidine rings is 1. The Hall–Kier alpha value is -3.37. The highest BCUT2D eigenvalue weighted by molar-refractivity contribution is 8.18. The molecule has 4 N–H and O–H groups in total. The van der Waals surface area contributed by atoms with Gasteiger partial charge in [0.2, 0.25) is 10.0 Å². The van der Waals surface area contributed by atoms with Crippen molar-refractivity contribution < 1.29 is 23.4 Å². The minimum absolute atomic E-state index is 0.0326. The number of nitrogens with zero attached hydrogens (tertiary/aromatic N) is 3. The van der Waals surface area contributed by atoms with Crippen LogP contribution in [0, 0.1) is 11.3 Å². The average molecular weight is 556 g/mol. The summed E-state index contributed by atoms with van der Waals surface area (Å²) in [6.07, 6.45) is 3.84. The van der Waals surface area contributed by atoms with E-state index >= 15 is 0 Å². The lowest BCUT2D eigenvalue weighted by Crippen LogP contribution is -2.43. The van der Waals surface area contributed by atoms with Crippen molar-refractivity contribution in [3.63, 3.8) is 0 Å². The van der Waals surface area contributed by atoms with Crippen molar-refractivity contribution in [3.8, 4) is 11.8 Å². The second kappa shape index (κ2) is 12.0. The number of phenolic OH excluding ortho intramolecular Hbond substituents is 1. The van der Waals surface area contributed by atoms with Gasteiger partial charge in [0.25, 0.3) is 5.91 Å². The standard InChI is InChI=1S/C26H29N5O5S2/c1-38(35,36)30-21-15-18(4-7-22(21)32)23(33)16-28-19-9-12-31(13-10-19)20-5-2-17(3-6-20)14-24-26(34)29-25(37-24)8-11-27/h2-7,14-15,19,23,28,30,32-33H,8-10,12-13,16H2,1H3/b24-14-. The number of aromatic hydroxyl groups is 1. The number of thioether (sulfide) groups is 1. The molecule has 12 heteroatoms. The first kappa shape index (κ1) is 27.7. The van der Waals surface area contributed by atoms with Crippen molar-refractivity contribution in [1.82, 2.24) is 5.32 Å². The zero-order valence-electron chi connectivity index (χ0n) is 20.8. The summed E-state index contributed by atoms with van der Waals surface area (Å²) in [5.41, 5.74) is 2.52. The molecule has 200 valence electrons.